The molecule has 1 rings (SSSR count). The van der Waals surface area contributed by atoms with E-state index in [-0.39, 0.29) is 11.3 Å². The molecule has 9 heavy (non-hydrogen) atoms. The first-order valence-corrected chi connectivity index (χ1v) is 3.35. The summed E-state index contributed by atoms with van der Waals surface area (Å²) in [5.41, 5.74) is 5.71. The molecule has 0 bridgehead atoms. The van der Waals surface area contributed by atoms with Crippen LogP contribution in [0.4, 0.5) is 0 Å². The van der Waals surface area contributed by atoms with Gasteiger partial charge >= 0.3 is 0 Å². The largest absolute Gasteiger partial charge is 0.330 e. The van der Waals surface area contributed by atoms with E-state index in [0.29, 0.717) is 6.54 Å². The van der Waals surface area contributed by atoms with Crippen LogP contribution in [0.25, 0.3) is 0 Å². The highest BCUT2D eigenvalue weighted by Crippen LogP contribution is 2.50. The maximum atomic E-state index is 8.54. The smallest absolute Gasteiger partial charge is 0.0659 e. The van der Waals surface area contributed by atoms with Gasteiger partial charge in [-0.2, -0.15) is 5.26 Å². The molecule has 2 N–H and O–H groups in total. The summed E-state index contributed by atoms with van der Waals surface area (Å²) in [6, 6.07) is 2.24. The van der Waals surface area contributed by atoms with Gasteiger partial charge in [-0.1, -0.05) is 0 Å². The average molecular weight is 124 g/mol. The zero-order chi connectivity index (χ0) is 6.91. The predicted octanol–water partition coefficient (Wildman–Crippen LogP) is 0.885. The minimum absolute atomic E-state index is 0.155. The second kappa shape index (κ2) is 2.00. The maximum Gasteiger partial charge on any atom is 0.0659 e. The molecule has 50 valence electrons. The molecule has 0 aliphatic heterocycles. The molecular formula is C7H12N2. The van der Waals surface area contributed by atoms with Gasteiger partial charge in [0.15, 0.2) is 0 Å². The van der Waals surface area contributed by atoms with Gasteiger partial charge < -0.3 is 5.73 Å². The van der Waals surface area contributed by atoms with Crippen LogP contribution in [0.15, 0.2) is 0 Å². The molecule has 1 fully saturated rings. The highest BCUT2D eigenvalue weighted by molar-refractivity contribution is 5.05. The summed E-state index contributed by atoms with van der Waals surface area (Å²) in [6.45, 7) is 2.64. The third-order valence-corrected chi connectivity index (χ3v) is 2.41. The van der Waals surface area contributed by atoms with E-state index in [2.05, 4.69) is 6.07 Å². The molecule has 0 unspecified atom stereocenters. The Balaban J connectivity index is 2.51. The van der Waals surface area contributed by atoms with Gasteiger partial charge in [0.1, 0.15) is 0 Å². The summed E-state index contributed by atoms with van der Waals surface area (Å²) >= 11 is 0. The van der Waals surface area contributed by atoms with Gasteiger partial charge in [0, 0.05) is 0 Å². The van der Waals surface area contributed by atoms with E-state index in [1.54, 1.807) is 0 Å². The highest BCUT2D eigenvalue weighted by atomic mass is 14.7. The van der Waals surface area contributed by atoms with Crippen molar-refractivity contribution in [3.05, 3.63) is 0 Å². The van der Waals surface area contributed by atoms with Crippen molar-refractivity contribution in [2.24, 2.45) is 17.1 Å². The number of nitrogens with zero attached hydrogens (tertiary/aromatic N) is 1. The molecule has 2 heteroatoms. The van der Waals surface area contributed by atoms with Crippen LogP contribution in [-0.2, 0) is 0 Å². The first-order chi connectivity index (χ1) is 4.25. The lowest BCUT2D eigenvalue weighted by Gasteiger charge is -2.12. The summed E-state index contributed by atoms with van der Waals surface area (Å²) in [5.74, 6) is 0.155. The normalized spacial score (nSPS) is 24.6. The van der Waals surface area contributed by atoms with Crippen LogP contribution < -0.4 is 5.73 Å². The minimum Gasteiger partial charge on any atom is -0.330 e. The van der Waals surface area contributed by atoms with Crippen LogP contribution in [-0.4, -0.2) is 6.54 Å². The van der Waals surface area contributed by atoms with Gasteiger partial charge in [-0.15, -0.1) is 0 Å². The summed E-state index contributed by atoms with van der Waals surface area (Å²) in [4.78, 5) is 0. The Bertz CT molecular complexity index is 141. The molecular weight excluding hydrogens is 112 g/mol. The second-order valence-electron chi connectivity index (χ2n) is 2.92. The molecule has 0 amide bonds. The van der Waals surface area contributed by atoms with Gasteiger partial charge in [-0.05, 0) is 31.7 Å². The van der Waals surface area contributed by atoms with Gasteiger partial charge in [0.2, 0.25) is 0 Å². The molecule has 0 spiro atoms. The lowest BCUT2D eigenvalue weighted by atomic mass is 9.92. The monoisotopic (exact) mass is 124 g/mol. The SMILES string of the molecule is C[C@H](C#N)C1(CN)CC1. The van der Waals surface area contributed by atoms with Crippen molar-refractivity contribution in [3.63, 3.8) is 0 Å². The maximum absolute atomic E-state index is 8.54. The molecule has 0 heterocycles. The van der Waals surface area contributed by atoms with E-state index in [4.69, 9.17) is 11.0 Å². The van der Waals surface area contributed by atoms with Gasteiger partial charge in [0.25, 0.3) is 0 Å². The van der Waals surface area contributed by atoms with Gasteiger partial charge in [-0.3, -0.25) is 0 Å². The van der Waals surface area contributed by atoms with Crippen LogP contribution in [0.2, 0.25) is 0 Å². The fourth-order valence-electron chi connectivity index (χ4n) is 1.11. The second-order valence-corrected chi connectivity index (χ2v) is 2.92. The molecule has 0 aromatic rings. The third-order valence-electron chi connectivity index (χ3n) is 2.41. The Kier molecular flexibility index (Phi) is 1.46. The molecule has 1 aliphatic carbocycles. The summed E-state index contributed by atoms with van der Waals surface area (Å²) in [7, 11) is 0. The number of nitrogens with two attached hydrogens (primary N) is 1. The Morgan fingerprint density at radius 3 is 2.44 bits per heavy atom. The molecule has 1 saturated carbocycles. The Labute approximate surface area is 55.7 Å². The third kappa shape index (κ3) is 0.927. The average Bonchev–Trinajstić information content (AvgIpc) is 2.66. The van der Waals surface area contributed by atoms with E-state index in [1.165, 1.54) is 0 Å². The molecule has 0 saturated heterocycles. The van der Waals surface area contributed by atoms with Crippen molar-refractivity contribution in [3.8, 4) is 6.07 Å². The quantitative estimate of drug-likeness (QED) is 0.594. The molecule has 0 radical (unpaired) electrons. The molecule has 2 nitrogen and oxygen atoms in total. The number of hydrogen-bond acceptors (Lipinski definition) is 2. The number of nitriles is 1. The van der Waals surface area contributed by atoms with E-state index in [1.807, 2.05) is 6.92 Å². The molecule has 0 aromatic carbocycles. The summed E-state index contributed by atoms with van der Waals surface area (Å²) in [6.07, 6.45) is 2.30. The predicted molar refractivity (Wildman–Crippen MR) is 35.5 cm³/mol. The van der Waals surface area contributed by atoms with Gasteiger partial charge in [0.05, 0.1) is 12.0 Å². The molecule has 1 aliphatic rings. The van der Waals surface area contributed by atoms with Crippen molar-refractivity contribution >= 4 is 0 Å². The van der Waals surface area contributed by atoms with Crippen LogP contribution >= 0.6 is 0 Å². The van der Waals surface area contributed by atoms with E-state index < -0.39 is 0 Å². The minimum atomic E-state index is 0.155. The van der Waals surface area contributed by atoms with E-state index >= 15 is 0 Å². The van der Waals surface area contributed by atoms with Crippen molar-refractivity contribution in [1.82, 2.24) is 0 Å². The van der Waals surface area contributed by atoms with Crippen molar-refractivity contribution in [2.75, 3.05) is 6.54 Å². The lowest BCUT2D eigenvalue weighted by molar-refractivity contribution is 0.416. The molecule has 0 aromatic heterocycles. The van der Waals surface area contributed by atoms with Crippen LogP contribution in [0.1, 0.15) is 19.8 Å². The van der Waals surface area contributed by atoms with Crippen LogP contribution in [0, 0.1) is 22.7 Å². The first kappa shape index (κ1) is 6.57. The van der Waals surface area contributed by atoms with Crippen LogP contribution in [0.3, 0.4) is 0 Å². The number of rotatable bonds is 2. The van der Waals surface area contributed by atoms with Crippen molar-refractivity contribution in [2.45, 2.75) is 19.8 Å². The van der Waals surface area contributed by atoms with Crippen LogP contribution in [0.5, 0.6) is 0 Å². The Morgan fingerprint density at radius 2 is 2.33 bits per heavy atom. The topological polar surface area (TPSA) is 49.8 Å². The van der Waals surface area contributed by atoms with Gasteiger partial charge in [-0.25, -0.2) is 0 Å². The molecule has 1 atom stereocenters. The highest BCUT2D eigenvalue weighted by Gasteiger charge is 2.46. The van der Waals surface area contributed by atoms with Crippen molar-refractivity contribution in [1.29, 1.82) is 5.26 Å². The summed E-state index contributed by atoms with van der Waals surface area (Å²) < 4.78 is 0. The van der Waals surface area contributed by atoms with E-state index in [9.17, 15) is 0 Å². The fourth-order valence-corrected chi connectivity index (χ4v) is 1.11. The summed E-state index contributed by atoms with van der Waals surface area (Å²) in [5, 5.41) is 8.54. The lowest BCUT2D eigenvalue weighted by Crippen LogP contribution is -2.21. The Hall–Kier alpha value is -0.550. The fraction of sp³-hybridized carbons (Fsp3) is 0.857. The standard InChI is InChI=1S/C7H12N2/c1-6(4-8)7(5-9)2-3-7/h6H,2-3,5,9H2,1H3/t6-/m1/s1. The van der Waals surface area contributed by atoms with Crippen molar-refractivity contribution < 1.29 is 0 Å². The van der Waals surface area contributed by atoms with E-state index in [0.717, 1.165) is 12.8 Å². The Morgan fingerprint density at radius 1 is 1.78 bits per heavy atom. The number of hydrogen-bond donors (Lipinski definition) is 1. The zero-order valence-electron chi connectivity index (χ0n) is 5.72. The first-order valence-electron chi connectivity index (χ1n) is 3.35. The zero-order valence-corrected chi connectivity index (χ0v) is 5.72.